The van der Waals surface area contributed by atoms with E-state index < -0.39 is 6.10 Å². The zero-order valence-corrected chi connectivity index (χ0v) is 21.5. The van der Waals surface area contributed by atoms with Crippen molar-refractivity contribution in [2.45, 2.75) is 50.7 Å². The first kappa shape index (κ1) is 24.3. The van der Waals surface area contributed by atoms with Crippen LogP contribution in [0.1, 0.15) is 60.6 Å². The van der Waals surface area contributed by atoms with E-state index in [2.05, 4.69) is 38.0 Å². The van der Waals surface area contributed by atoms with Crippen LogP contribution in [0.2, 0.25) is 5.02 Å². The van der Waals surface area contributed by atoms with Gasteiger partial charge in [-0.2, -0.15) is 5.10 Å². The second kappa shape index (κ2) is 10.0. The van der Waals surface area contributed by atoms with Crippen molar-refractivity contribution in [3.8, 4) is 0 Å². The highest BCUT2D eigenvalue weighted by Gasteiger charge is 2.27. The fourth-order valence-corrected chi connectivity index (χ4v) is 5.61. The summed E-state index contributed by atoms with van der Waals surface area (Å²) in [7, 11) is 0. The first-order valence-electron chi connectivity index (χ1n) is 12.9. The Morgan fingerprint density at radius 2 is 1.95 bits per heavy atom. The normalized spacial score (nSPS) is 17.8. The van der Waals surface area contributed by atoms with Gasteiger partial charge in [-0.15, -0.1) is 0 Å². The van der Waals surface area contributed by atoms with Crippen LogP contribution < -0.4 is 5.32 Å². The fourth-order valence-electron chi connectivity index (χ4n) is 5.28. The third kappa shape index (κ3) is 5.19. The van der Waals surface area contributed by atoms with Crippen molar-refractivity contribution in [2.75, 3.05) is 25.0 Å². The van der Waals surface area contributed by atoms with Gasteiger partial charge in [-0.3, -0.25) is 4.68 Å². The van der Waals surface area contributed by atoms with E-state index in [-0.39, 0.29) is 5.82 Å². The Labute approximate surface area is 220 Å². The van der Waals surface area contributed by atoms with Crippen LogP contribution in [0.3, 0.4) is 0 Å². The Kier molecular flexibility index (Phi) is 6.56. The molecule has 2 fully saturated rings. The maximum Gasteiger partial charge on any atom is 0.227 e. The van der Waals surface area contributed by atoms with Gasteiger partial charge in [-0.25, -0.2) is 14.4 Å². The van der Waals surface area contributed by atoms with Gasteiger partial charge in [0.15, 0.2) is 0 Å². The van der Waals surface area contributed by atoms with Crippen molar-refractivity contribution in [2.24, 2.45) is 0 Å². The summed E-state index contributed by atoms with van der Waals surface area (Å²) >= 11 is 6.71. The lowest BCUT2D eigenvalue weighted by Crippen LogP contribution is -2.36. The predicted octanol–water partition coefficient (Wildman–Crippen LogP) is 5.92. The van der Waals surface area contributed by atoms with E-state index >= 15 is 0 Å². The van der Waals surface area contributed by atoms with E-state index in [1.54, 1.807) is 18.3 Å². The molecule has 0 amide bonds. The van der Waals surface area contributed by atoms with Crippen molar-refractivity contribution in [3.05, 3.63) is 76.5 Å². The molecule has 0 unspecified atom stereocenters. The summed E-state index contributed by atoms with van der Waals surface area (Å²) in [5.74, 6) is 0.525. The number of benzene rings is 2. The number of hydrogen-bond donors (Lipinski definition) is 2. The van der Waals surface area contributed by atoms with Gasteiger partial charge >= 0.3 is 0 Å². The fraction of sp³-hybridized carbons (Fsp3) is 0.393. The van der Waals surface area contributed by atoms with Crippen LogP contribution in [0.5, 0.6) is 0 Å². The molecule has 1 atom stereocenters. The summed E-state index contributed by atoms with van der Waals surface area (Å²) in [6.45, 7) is 4.23. The Hall–Kier alpha value is -3.07. The van der Waals surface area contributed by atoms with E-state index in [0.717, 1.165) is 58.8 Å². The zero-order valence-electron chi connectivity index (χ0n) is 20.7. The molecule has 2 aromatic carbocycles. The topological polar surface area (TPSA) is 79.1 Å². The molecule has 0 spiro atoms. The molecule has 2 aromatic heterocycles. The average Bonchev–Trinajstić information content (AvgIpc) is 3.68. The second-order valence-electron chi connectivity index (χ2n) is 10.2. The summed E-state index contributed by atoms with van der Waals surface area (Å²) in [4.78, 5) is 11.5. The molecule has 3 heterocycles. The highest BCUT2D eigenvalue weighted by molar-refractivity contribution is 6.32. The number of aliphatic hydroxyl groups is 1. The minimum Gasteiger partial charge on any atom is -0.387 e. The summed E-state index contributed by atoms with van der Waals surface area (Å²) < 4.78 is 15.6. The Balaban J connectivity index is 1.14. The molecular formula is C28H30ClFN6O. The van der Waals surface area contributed by atoms with Crippen LogP contribution in [-0.2, 0) is 0 Å². The van der Waals surface area contributed by atoms with Gasteiger partial charge < -0.3 is 15.3 Å². The molecule has 192 valence electrons. The van der Waals surface area contributed by atoms with E-state index in [4.69, 9.17) is 16.6 Å². The molecule has 0 bridgehead atoms. The highest BCUT2D eigenvalue weighted by atomic mass is 35.5. The van der Waals surface area contributed by atoms with E-state index in [1.807, 2.05) is 12.3 Å². The third-order valence-corrected chi connectivity index (χ3v) is 7.90. The summed E-state index contributed by atoms with van der Waals surface area (Å²) in [5.41, 5.74) is 4.58. The number of piperidine rings is 1. The van der Waals surface area contributed by atoms with Gasteiger partial charge in [0, 0.05) is 23.2 Å². The van der Waals surface area contributed by atoms with E-state index in [0.29, 0.717) is 30.0 Å². The number of likely N-dealkylation sites (tertiary alicyclic amines) is 1. The number of nitrogens with zero attached hydrogens (tertiary/aromatic N) is 5. The number of fused-ring (bicyclic) bond motifs is 1. The first-order chi connectivity index (χ1) is 17.9. The van der Waals surface area contributed by atoms with Crippen LogP contribution in [0, 0.1) is 12.7 Å². The number of halogens is 2. The number of aromatic nitrogens is 4. The van der Waals surface area contributed by atoms with Gasteiger partial charge in [0.25, 0.3) is 0 Å². The van der Waals surface area contributed by atoms with Crippen molar-refractivity contribution in [1.82, 2.24) is 24.6 Å². The SMILES string of the molecule is Cc1c(Nc2ncc3cc(Cl)c(C4CCN(C[C@H](O)c5cccc(F)c5)CC4)cc3n2)cnn1C1CC1. The molecule has 6 rings (SSSR count). The van der Waals surface area contributed by atoms with Gasteiger partial charge in [0.1, 0.15) is 5.82 Å². The zero-order chi connectivity index (χ0) is 25.5. The quantitative estimate of drug-likeness (QED) is 0.315. The van der Waals surface area contributed by atoms with Crippen LogP contribution >= 0.6 is 11.6 Å². The van der Waals surface area contributed by atoms with Gasteiger partial charge in [-0.05, 0) is 87.0 Å². The van der Waals surface area contributed by atoms with Crippen molar-refractivity contribution in [1.29, 1.82) is 0 Å². The molecule has 9 heteroatoms. The van der Waals surface area contributed by atoms with Crippen LogP contribution in [0.25, 0.3) is 10.9 Å². The average molecular weight is 521 g/mol. The number of hydrogen-bond acceptors (Lipinski definition) is 6. The van der Waals surface area contributed by atoms with Gasteiger partial charge in [0.05, 0.1) is 35.2 Å². The maximum absolute atomic E-state index is 13.5. The van der Waals surface area contributed by atoms with Crippen LogP contribution in [0.15, 0.2) is 48.8 Å². The number of rotatable bonds is 7. The minimum atomic E-state index is -0.709. The maximum atomic E-state index is 13.5. The number of β-amino-alcohol motifs (C(OH)–C–C–N with tert-alkyl or cyclic N) is 1. The Morgan fingerprint density at radius 3 is 2.70 bits per heavy atom. The summed E-state index contributed by atoms with van der Waals surface area (Å²) in [6, 6.07) is 10.8. The second-order valence-corrected chi connectivity index (χ2v) is 10.6. The van der Waals surface area contributed by atoms with E-state index in [1.165, 1.54) is 25.0 Å². The van der Waals surface area contributed by atoms with Crippen LogP contribution in [-0.4, -0.2) is 49.4 Å². The van der Waals surface area contributed by atoms with Crippen LogP contribution in [0.4, 0.5) is 16.0 Å². The lowest BCUT2D eigenvalue weighted by Gasteiger charge is -2.33. The predicted molar refractivity (Wildman–Crippen MR) is 143 cm³/mol. The minimum absolute atomic E-state index is 0.310. The smallest absolute Gasteiger partial charge is 0.227 e. The standard InChI is InChI=1S/C28H30ClFN6O/c1-17-26(15-32-36(17)22-5-6-22)34-28-31-14-20-12-24(29)23(13-25(20)33-28)18-7-9-35(10-8-18)16-27(37)19-3-2-4-21(30)11-19/h2-4,11-15,18,22,27,37H,5-10,16H2,1H3,(H,31,33,34)/t27-/m0/s1. The molecule has 1 saturated heterocycles. The third-order valence-electron chi connectivity index (χ3n) is 7.57. The van der Waals surface area contributed by atoms with Crippen molar-refractivity contribution >= 4 is 34.1 Å². The first-order valence-corrected chi connectivity index (χ1v) is 13.3. The molecule has 37 heavy (non-hydrogen) atoms. The molecule has 1 saturated carbocycles. The Bertz CT molecular complexity index is 1430. The monoisotopic (exact) mass is 520 g/mol. The van der Waals surface area contributed by atoms with Gasteiger partial charge in [-0.1, -0.05) is 23.7 Å². The van der Waals surface area contributed by atoms with E-state index in [9.17, 15) is 9.50 Å². The number of aliphatic hydroxyl groups excluding tert-OH is 1. The molecule has 2 N–H and O–H groups in total. The molecule has 2 aliphatic rings. The molecule has 4 aromatic rings. The van der Waals surface area contributed by atoms with Gasteiger partial charge in [0.2, 0.25) is 5.95 Å². The molecule has 0 radical (unpaired) electrons. The Morgan fingerprint density at radius 1 is 1.14 bits per heavy atom. The lowest BCUT2D eigenvalue weighted by atomic mass is 9.88. The van der Waals surface area contributed by atoms with Crippen molar-refractivity contribution < 1.29 is 9.50 Å². The lowest BCUT2D eigenvalue weighted by molar-refractivity contribution is 0.0970. The van der Waals surface area contributed by atoms with Crippen molar-refractivity contribution in [3.63, 3.8) is 0 Å². The molecular weight excluding hydrogens is 491 g/mol. The number of anilines is 2. The summed E-state index contributed by atoms with van der Waals surface area (Å²) in [5, 5.41) is 20.0. The molecule has 1 aliphatic carbocycles. The summed E-state index contributed by atoms with van der Waals surface area (Å²) in [6.07, 6.45) is 7.16. The molecule has 1 aliphatic heterocycles. The largest absolute Gasteiger partial charge is 0.387 e. The molecule has 7 nitrogen and oxygen atoms in total. The number of nitrogens with one attached hydrogen (secondary N) is 1. The highest BCUT2D eigenvalue weighted by Crippen LogP contribution is 2.38.